The van der Waals surface area contributed by atoms with Crippen molar-refractivity contribution in [3.63, 3.8) is 0 Å². The van der Waals surface area contributed by atoms with Crippen LogP contribution in [-0.4, -0.2) is 48.3 Å². The maximum atomic E-state index is 12.1. The molecule has 0 spiro atoms. The number of carboxylic acid groups (broad SMARTS) is 1. The van der Waals surface area contributed by atoms with Crippen molar-refractivity contribution in [2.75, 3.05) is 5.75 Å². The molecule has 24 heavy (non-hydrogen) atoms. The van der Waals surface area contributed by atoms with Gasteiger partial charge < -0.3 is 14.7 Å². The van der Waals surface area contributed by atoms with Crippen molar-refractivity contribution < 1.29 is 23.6 Å². The second kappa shape index (κ2) is 7.67. The molecule has 3 unspecified atom stereocenters. The van der Waals surface area contributed by atoms with Crippen LogP contribution in [0, 0.1) is 6.92 Å². The Morgan fingerprint density at radius 1 is 1.54 bits per heavy atom. The van der Waals surface area contributed by atoms with E-state index in [0.29, 0.717) is 5.75 Å². The minimum atomic E-state index is -1.46. The number of carbonyl (C=O) groups excluding carboxylic acids is 1. The van der Waals surface area contributed by atoms with Gasteiger partial charge in [0, 0.05) is 16.6 Å². The highest BCUT2D eigenvalue weighted by Crippen LogP contribution is 2.27. The topological polar surface area (TPSA) is 83.9 Å². The Labute approximate surface area is 147 Å². The third kappa shape index (κ3) is 3.88. The zero-order valence-corrected chi connectivity index (χ0v) is 14.6. The summed E-state index contributed by atoms with van der Waals surface area (Å²) < 4.78 is 17.5. The molecule has 3 atom stereocenters. The van der Waals surface area contributed by atoms with Crippen molar-refractivity contribution in [3.8, 4) is 5.75 Å². The Hall–Kier alpha value is -2.06. The lowest BCUT2D eigenvalue weighted by Crippen LogP contribution is -2.64. The molecular weight excluding hydrogens is 350 g/mol. The zero-order valence-electron chi connectivity index (χ0n) is 13.0. The van der Waals surface area contributed by atoms with E-state index in [9.17, 15) is 18.9 Å². The fraction of sp³-hybridized carbons (Fsp3) is 0.312. The predicted octanol–water partition coefficient (Wildman–Crippen LogP) is 1.65. The van der Waals surface area contributed by atoms with Gasteiger partial charge in [0.25, 0.3) is 0 Å². The summed E-state index contributed by atoms with van der Waals surface area (Å²) in [6.07, 6.45) is 1.49. The summed E-state index contributed by atoms with van der Waals surface area (Å²) in [5.41, 5.74) is 1.01. The first-order chi connectivity index (χ1) is 11.3. The smallest absolute Gasteiger partial charge is 0.335 e. The van der Waals surface area contributed by atoms with Crippen LogP contribution < -0.4 is 4.74 Å². The lowest BCUT2D eigenvalue weighted by molar-refractivity contribution is -0.154. The van der Waals surface area contributed by atoms with Gasteiger partial charge in [-0.3, -0.25) is 9.00 Å². The van der Waals surface area contributed by atoms with Crippen LogP contribution in [0.5, 0.6) is 5.75 Å². The van der Waals surface area contributed by atoms with Crippen LogP contribution in [-0.2, 0) is 20.4 Å². The summed E-state index contributed by atoms with van der Waals surface area (Å²) in [4.78, 5) is 24.5. The third-order valence-corrected chi connectivity index (χ3v) is 5.38. The molecule has 128 valence electrons. The summed E-state index contributed by atoms with van der Waals surface area (Å²) in [5.74, 6) is -1.18. The van der Waals surface area contributed by atoms with Gasteiger partial charge in [-0.05, 0) is 31.3 Å². The van der Waals surface area contributed by atoms with Gasteiger partial charge in [0.2, 0.25) is 11.0 Å². The standard InChI is InChI=1S/C16H17NO5S2/c1-3-8-24(21)13-9-12(18)17(13)14(15(19)20)16(23)22-11-6-4-10(2)5-7-11/h3-7,13-14H,1,8-9H2,2H3,(H,19,20). The Morgan fingerprint density at radius 3 is 2.67 bits per heavy atom. The molecule has 0 aliphatic carbocycles. The van der Waals surface area contributed by atoms with E-state index >= 15 is 0 Å². The first-order valence-corrected chi connectivity index (χ1v) is 8.94. The summed E-state index contributed by atoms with van der Waals surface area (Å²) in [7, 11) is -1.42. The lowest BCUT2D eigenvalue weighted by Gasteiger charge is -2.42. The normalized spacial score (nSPS) is 19.1. The molecule has 1 aliphatic heterocycles. The third-order valence-electron chi connectivity index (χ3n) is 3.51. The molecule has 2 rings (SSSR count). The van der Waals surface area contributed by atoms with Crippen molar-refractivity contribution >= 4 is 39.9 Å². The molecule has 1 saturated heterocycles. The molecule has 6 nitrogen and oxygen atoms in total. The van der Waals surface area contributed by atoms with Crippen LogP contribution in [0.15, 0.2) is 36.9 Å². The fourth-order valence-corrected chi connectivity index (χ4v) is 3.86. The van der Waals surface area contributed by atoms with Gasteiger partial charge in [-0.25, -0.2) is 4.79 Å². The molecule has 0 saturated carbocycles. The first-order valence-electron chi connectivity index (χ1n) is 7.15. The summed E-state index contributed by atoms with van der Waals surface area (Å²) in [6, 6.07) is 5.45. The molecule has 1 heterocycles. The van der Waals surface area contributed by atoms with Crippen LogP contribution in [0.1, 0.15) is 12.0 Å². The van der Waals surface area contributed by atoms with Crippen LogP contribution in [0.2, 0.25) is 0 Å². The van der Waals surface area contributed by atoms with E-state index in [2.05, 4.69) is 6.58 Å². The minimum absolute atomic E-state index is 0.0252. The molecule has 1 aromatic carbocycles. The van der Waals surface area contributed by atoms with E-state index in [4.69, 9.17) is 17.0 Å². The molecule has 0 radical (unpaired) electrons. The van der Waals surface area contributed by atoms with Gasteiger partial charge >= 0.3 is 5.97 Å². The number of benzene rings is 1. The average Bonchev–Trinajstić information content (AvgIpc) is 2.51. The van der Waals surface area contributed by atoms with Crippen molar-refractivity contribution in [1.82, 2.24) is 4.90 Å². The van der Waals surface area contributed by atoms with Crippen molar-refractivity contribution in [1.29, 1.82) is 0 Å². The number of likely N-dealkylation sites (tertiary alicyclic amines) is 1. The SMILES string of the molecule is C=CCS(=O)C1CC(=O)N1C(C(=O)O)C(=S)Oc1ccc(C)cc1. The highest BCUT2D eigenvalue weighted by atomic mass is 32.2. The summed E-state index contributed by atoms with van der Waals surface area (Å²) >= 11 is 5.08. The summed E-state index contributed by atoms with van der Waals surface area (Å²) in [5, 5.41) is 8.51. The first kappa shape index (κ1) is 18.3. The number of β-lactam (4-membered cyclic amide) rings is 1. The van der Waals surface area contributed by atoms with E-state index in [-0.39, 0.29) is 17.2 Å². The number of amides is 1. The predicted molar refractivity (Wildman–Crippen MR) is 94.3 cm³/mol. The second-order valence-electron chi connectivity index (χ2n) is 5.27. The monoisotopic (exact) mass is 367 g/mol. The number of hydrogen-bond donors (Lipinski definition) is 1. The largest absolute Gasteiger partial charge is 0.479 e. The van der Waals surface area contributed by atoms with Gasteiger partial charge in [0.1, 0.15) is 11.1 Å². The maximum absolute atomic E-state index is 12.1. The molecule has 8 heteroatoms. The van der Waals surface area contributed by atoms with E-state index in [1.54, 1.807) is 24.3 Å². The number of aliphatic carboxylic acids is 1. The molecule has 1 amide bonds. The molecule has 1 fully saturated rings. The zero-order chi connectivity index (χ0) is 17.9. The van der Waals surface area contributed by atoms with Crippen LogP contribution in [0.4, 0.5) is 0 Å². The number of ether oxygens (including phenoxy) is 1. The Balaban J connectivity index is 2.18. The van der Waals surface area contributed by atoms with Crippen molar-refractivity contribution in [3.05, 3.63) is 42.5 Å². The number of hydrogen-bond acceptors (Lipinski definition) is 5. The maximum Gasteiger partial charge on any atom is 0.335 e. The summed E-state index contributed by atoms with van der Waals surface area (Å²) in [6.45, 7) is 5.40. The van der Waals surface area contributed by atoms with E-state index in [0.717, 1.165) is 10.5 Å². The van der Waals surface area contributed by atoms with Gasteiger partial charge in [0.15, 0.2) is 6.04 Å². The average molecular weight is 367 g/mol. The molecular formula is C16H17NO5S2. The van der Waals surface area contributed by atoms with Gasteiger partial charge in [-0.15, -0.1) is 6.58 Å². The molecule has 0 aromatic heterocycles. The molecule has 0 bridgehead atoms. The van der Waals surface area contributed by atoms with Crippen LogP contribution in [0.3, 0.4) is 0 Å². The minimum Gasteiger partial charge on any atom is -0.479 e. The number of rotatable bonds is 7. The number of nitrogens with zero attached hydrogens (tertiary/aromatic N) is 1. The number of carboxylic acids is 1. The number of thiocarbonyl (C=S) groups is 1. The van der Waals surface area contributed by atoms with Crippen LogP contribution in [0.25, 0.3) is 0 Å². The Bertz CT molecular complexity index is 701. The second-order valence-corrected chi connectivity index (χ2v) is 7.31. The number of carbonyl (C=O) groups is 2. The van der Waals surface area contributed by atoms with Crippen LogP contribution >= 0.6 is 12.2 Å². The van der Waals surface area contributed by atoms with Crippen molar-refractivity contribution in [2.24, 2.45) is 0 Å². The van der Waals surface area contributed by atoms with Gasteiger partial charge in [-0.1, -0.05) is 23.8 Å². The highest BCUT2D eigenvalue weighted by Gasteiger charge is 2.49. The lowest BCUT2D eigenvalue weighted by atomic mass is 10.1. The molecule has 1 N–H and O–H groups in total. The van der Waals surface area contributed by atoms with Gasteiger partial charge in [0.05, 0.1) is 6.42 Å². The highest BCUT2D eigenvalue weighted by molar-refractivity contribution is 7.85. The van der Waals surface area contributed by atoms with Crippen molar-refractivity contribution in [2.45, 2.75) is 24.8 Å². The fourth-order valence-electron chi connectivity index (χ4n) is 2.27. The van der Waals surface area contributed by atoms with E-state index < -0.39 is 34.1 Å². The van der Waals surface area contributed by atoms with E-state index in [1.165, 1.54) is 6.08 Å². The van der Waals surface area contributed by atoms with E-state index in [1.807, 2.05) is 6.92 Å². The number of aryl methyl sites for hydroxylation is 1. The molecule has 1 aliphatic rings. The quantitative estimate of drug-likeness (QED) is 0.448. The van der Waals surface area contributed by atoms with Gasteiger partial charge in [-0.2, -0.15) is 0 Å². The molecule has 1 aromatic rings. The Kier molecular flexibility index (Phi) is 5.84. The Morgan fingerprint density at radius 2 is 2.17 bits per heavy atom.